The number of carbonyl (C=O) groups is 1. The summed E-state index contributed by atoms with van der Waals surface area (Å²) in [4.78, 5) is 12.6. The minimum Gasteiger partial charge on any atom is -0.461 e. The molecule has 0 heterocycles. The smallest absolute Gasteiger partial charge is 0.306 e. The van der Waals surface area contributed by atoms with E-state index in [9.17, 15) is 4.79 Å². The molecule has 5 heteroatoms. The van der Waals surface area contributed by atoms with Crippen molar-refractivity contribution in [2.24, 2.45) is 5.92 Å². The van der Waals surface area contributed by atoms with Crippen molar-refractivity contribution in [1.82, 2.24) is 0 Å². The van der Waals surface area contributed by atoms with Crippen LogP contribution in [0.25, 0.3) is 0 Å². The van der Waals surface area contributed by atoms with E-state index in [2.05, 4.69) is 40.4 Å². The molecule has 0 radical (unpaired) electrons. The monoisotopic (exact) mass is 444 g/mol. The third-order valence-corrected chi connectivity index (χ3v) is 10.4. The number of rotatable bonds is 9. The number of hydrogen-bond donors (Lipinski definition) is 0. The lowest BCUT2D eigenvalue weighted by molar-refractivity contribution is -0.146. The summed E-state index contributed by atoms with van der Waals surface area (Å²) in [7, 11) is -2.11. The van der Waals surface area contributed by atoms with E-state index >= 15 is 0 Å². The molecule has 30 heavy (non-hydrogen) atoms. The molecule has 162 valence electrons. The van der Waals surface area contributed by atoms with Crippen LogP contribution in [0.5, 0.6) is 0 Å². The van der Waals surface area contributed by atoms with Crippen molar-refractivity contribution in [2.75, 3.05) is 0 Å². The average Bonchev–Trinajstić information content (AvgIpc) is 2.69. The molecule has 0 aliphatic carbocycles. The van der Waals surface area contributed by atoms with E-state index in [0.29, 0.717) is 5.02 Å². The molecule has 0 saturated carbocycles. The van der Waals surface area contributed by atoms with Gasteiger partial charge in [0.05, 0.1) is 12.5 Å². The zero-order valence-electron chi connectivity index (χ0n) is 18.7. The summed E-state index contributed by atoms with van der Waals surface area (Å²) in [6.07, 6.45) is 1.68. The van der Waals surface area contributed by atoms with Gasteiger partial charge < -0.3 is 9.16 Å². The molecule has 2 aromatic carbocycles. The van der Waals surface area contributed by atoms with Crippen LogP contribution in [0.1, 0.15) is 44.4 Å². The number of benzene rings is 2. The second-order valence-electron chi connectivity index (χ2n) is 9.10. The molecular weight excluding hydrogens is 412 g/mol. The van der Waals surface area contributed by atoms with Gasteiger partial charge in [0.25, 0.3) is 0 Å². The summed E-state index contributed by atoms with van der Waals surface area (Å²) in [6, 6.07) is 17.3. The van der Waals surface area contributed by atoms with Crippen LogP contribution in [0.2, 0.25) is 23.2 Å². The van der Waals surface area contributed by atoms with E-state index in [1.54, 1.807) is 6.08 Å². The Bertz CT molecular complexity index is 843. The molecule has 3 nitrogen and oxygen atoms in total. The lowest BCUT2D eigenvalue weighted by Gasteiger charge is -2.41. The molecule has 2 atom stereocenters. The highest BCUT2D eigenvalue weighted by Crippen LogP contribution is 2.42. The molecule has 0 amide bonds. The van der Waals surface area contributed by atoms with Crippen LogP contribution < -0.4 is 0 Å². The van der Waals surface area contributed by atoms with E-state index in [1.165, 1.54) is 0 Å². The summed E-state index contributed by atoms with van der Waals surface area (Å²) in [5.74, 6) is -0.490. The fraction of sp³-hybridized carbons (Fsp3) is 0.400. The van der Waals surface area contributed by atoms with Crippen LogP contribution in [-0.4, -0.2) is 14.3 Å². The number of ether oxygens (including phenoxy) is 1. The summed E-state index contributed by atoms with van der Waals surface area (Å²) >= 11 is 6.26. The lowest BCUT2D eigenvalue weighted by Crippen LogP contribution is -2.43. The minimum absolute atomic E-state index is 0.0311. The predicted octanol–water partition coefficient (Wildman–Crippen LogP) is 7.34. The van der Waals surface area contributed by atoms with Gasteiger partial charge in [0, 0.05) is 10.9 Å². The van der Waals surface area contributed by atoms with E-state index in [1.807, 2.05) is 54.6 Å². The summed E-state index contributed by atoms with van der Waals surface area (Å²) in [5.41, 5.74) is 1.91. The highest BCUT2D eigenvalue weighted by atomic mass is 35.5. The Labute approximate surface area is 187 Å². The molecule has 0 spiro atoms. The van der Waals surface area contributed by atoms with Gasteiger partial charge in [-0.1, -0.05) is 80.9 Å². The minimum atomic E-state index is -2.11. The molecule has 0 saturated heterocycles. The summed E-state index contributed by atoms with van der Waals surface area (Å²) in [5, 5.41) is 0.675. The van der Waals surface area contributed by atoms with Crippen LogP contribution in [0.15, 0.2) is 67.3 Å². The van der Waals surface area contributed by atoms with Gasteiger partial charge in [0.15, 0.2) is 8.32 Å². The Hall–Kier alpha value is -1.88. The second-order valence-corrected chi connectivity index (χ2v) is 14.3. The predicted molar refractivity (Wildman–Crippen MR) is 127 cm³/mol. The van der Waals surface area contributed by atoms with Crippen LogP contribution in [0.3, 0.4) is 0 Å². The molecule has 0 aliphatic rings. The van der Waals surface area contributed by atoms with Crippen molar-refractivity contribution in [3.05, 3.63) is 83.4 Å². The number of halogens is 1. The van der Waals surface area contributed by atoms with Crippen molar-refractivity contribution in [3.8, 4) is 0 Å². The first kappa shape index (κ1) is 24.4. The first-order valence-electron chi connectivity index (χ1n) is 10.3. The Morgan fingerprint density at radius 1 is 1.13 bits per heavy atom. The molecular formula is C25H33ClO3Si. The summed E-state index contributed by atoms with van der Waals surface area (Å²) in [6.45, 7) is 15.3. The van der Waals surface area contributed by atoms with Crippen LogP contribution in [-0.2, 0) is 20.6 Å². The summed E-state index contributed by atoms with van der Waals surface area (Å²) < 4.78 is 12.3. The van der Waals surface area contributed by atoms with Gasteiger partial charge in [0.2, 0.25) is 0 Å². The second kappa shape index (κ2) is 10.4. The number of hydrogen-bond acceptors (Lipinski definition) is 3. The van der Waals surface area contributed by atoms with Gasteiger partial charge in [-0.25, -0.2) is 0 Å². The molecule has 0 N–H and O–H groups in total. The highest BCUT2D eigenvalue weighted by molar-refractivity contribution is 6.74. The van der Waals surface area contributed by atoms with Crippen molar-refractivity contribution in [3.63, 3.8) is 0 Å². The Balaban J connectivity index is 2.21. The standard InChI is InChI=1S/C25H33ClO3Si/c1-7-20(17-23(27)28-18-19-12-9-8-10-13-19)24(21-14-11-15-22(26)16-21)29-30(5,6)25(2,3)4/h7-16,20,24H,1,17-18H2,2-6H3/t20-,24-/m1/s1. The zero-order chi connectivity index (χ0) is 22.4. The average molecular weight is 445 g/mol. The lowest BCUT2D eigenvalue weighted by atomic mass is 9.93. The van der Waals surface area contributed by atoms with Crippen molar-refractivity contribution in [1.29, 1.82) is 0 Å². The van der Waals surface area contributed by atoms with Crippen LogP contribution >= 0.6 is 11.6 Å². The van der Waals surface area contributed by atoms with Gasteiger partial charge in [-0.15, -0.1) is 6.58 Å². The number of carbonyl (C=O) groups excluding carboxylic acids is 1. The highest BCUT2D eigenvalue weighted by Gasteiger charge is 2.41. The topological polar surface area (TPSA) is 35.5 Å². The SMILES string of the molecule is C=C[C@H](CC(=O)OCc1ccccc1)[C@@H](O[Si](C)(C)C(C)(C)C)c1cccc(Cl)c1. The first-order valence-corrected chi connectivity index (χ1v) is 13.6. The third kappa shape index (κ3) is 6.83. The Kier molecular flexibility index (Phi) is 8.48. The fourth-order valence-electron chi connectivity index (χ4n) is 2.88. The van der Waals surface area contributed by atoms with Crippen molar-refractivity contribution >= 4 is 25.9 Å². The largest absolute Gasteiger partial charge is 0.461 e. The van der Waals surface area contributed by atoms with Crippen molar-refractivity contribution < 1.29 is 14.0 Å². The van der Waals surface area contributed by atoms with Gasteiger partial charge in [-0.05, 0) is 41.4 Å². The van der Waals surface area contributed by atoms with E-state index in [4.69, 9.17) is 20.8 Å². The Morgan fingerprint density at radius 2 is 1.80 bits per heavy atom. The molecule has 0 aromatic heterocycles. The van der Waals surface area contributed by atoms with E-state index in [0.717, 1.165) is 11.1 Å². The third-order valence-electron chi connectivity index (χ3n) is 5.74. The molecule has 0 unspecified atom stereocenters. The molecule has 0 bridgehead atoms. The zero-order valence-corrected chi connectivity index (χ0v) is 20.4. The fourth-order valence-corrected chi connectivity index (χ4v) is 4.38. The van der Waals surface area contributed by atoms with Crippen molar-refractivity contribution in [2.45, 2.75) is 58.0 Å². The van der Waals surface area contributed by atoms with Gasteiger partial charge in [0.1, 0.15) is 6.61 Å². The van der Waals surface area contributed by atoms with E-state index < -0.39 is 8.32 Å². The molecule has 2 aromatic rings. The Morgan fingerprint density at radius 3 is 2.37 bits per heavy atom. The number of esters is 1. The normalized spacial score (nSPS) is 14.1. The molecule has 2 rings (SSSR count). The van der Waals surface area contributed by atoms with Gasteiger partial charge in [-0.2, -0.15) is 0 Å². The molecule has 0 aliphatic heterocycles. The van der Waals surface area contributed by atoms with Gasteiger partial charge in [-0.3, -0.25) is 4.79 Å². The maximum Gasteiger partial charge on any atom is 0.306 e. The van der Waals surface area contributed by atoms with Gasteiger partial charge >= 0.3 is 5.97 Å². The van der Waals surface area contributed by atoms with E-state index in [-0.39, 0.29) is 36.1 Å². The maximum absolute atomic E-state index is 12.6. The maximum atomic E-state index is 12.6. The first-order chi connectivity index (χ1) is 14.0. The quantitative estimate of drug-likeness (QED) is 0.230. The van der Waals surface area contributed by atoms with Crippen LogP contribution in [0.4, 0.5) is 0 Å². The molecule has 0 fully saturated rings. The van der Waals surface area contributed by atoms with Crippen LogP contribution in [0, 0.1) is 5.92 Å².